The molecule has 1 unspecified atom stereocenters. The molecule has 196 valence electrons. The number of aryl methyl sites for hydroxylation is 1. The fraction of sp³-hybridized carbons (Fsp3) is 0.286. The van der Waals surface area contributed by atoms with Crippen molar-refractivity contribution >= 4 is 51.5 Å². The van der Waals surface area contributed by atoms with Crippen LogP contribution >= 0.6 is 11.5 Å². The molecule has 10 heteroatoms. The maximum absolute atomic E-state index is 14.2. The van der Waals surface area contributed by atoms with E-state index in [1.807, 2.05) is 43.3 Å². The summed E-state index contributed by atoms with van der Waals surface area (Å²) in [5, 5.41) is 4.04. The Bertz CT molecular complexity index is 1490. The molecule has 0 aliphatic heterocycles. The van der Waals surface area contributed by atoms with Gasteiger partial charge in [-0.1, -0.05) is 55.2 Å². The summed E-state index contributed by atoms with van der Waals surface area (Å²) in [4.78, 5) is 44.9. The summed E-state index contributed by atoms with van der Waals surface area (Å²) in [5.41, 5.74) is 14.4. The fourth-order valence-corrected chi connectivity index (χ4v) is 5.81. The lowest BCUT2D eigenvalue weighted by molar-refractivity contribution is -0.123. The molecule has 0 saturated heterocycles. The first-order chi connectivity index (χ1) is 18.3. The van der Waals surface area contributed by atoms with Gasteiger partial charge >= 0.3 is 0 Å². The number of aromatic nitrogens is 2. The van der Waals surface area contributed by atoms with Crippen LogP contribution in [0.2, 0.25) is 0 Å². The van der Waals surface area contributed by atoms with Gasteiger partial charge < -0.3 is 21.8 Å². The van der Waals surface area contributed by atoms with E-state index in [4.69, 9.17) is 11.5 Å². The summed E-state index contributed by atoms with van der Waals surface area (Å²) in [5.74, 6) is -1.64. The van der Waals surface area contributed by atoms with Gasteiger partial charge in [0.15, 0.2) is 5.69 Å². The third kappa shape index (κ3) is 4.87. The zero-order valence-corrected chi connectivity index (χ0v) is 21.9. The highest BCUT2D eigenvalue weighted by atomic mass is 32.1. The largest absolute Gasteiger partial charge is 0.395 e. The Kier molecular flexibility index (Phi) is 7.15. The molecule has 4 aromatic rings. The van der Waals surface area contributed by atoms with E-state index in [0.717, 1.165) is 60.1 Å². The number of nitrogens with two attached hydrogens (primary N) is 2. The van der Waals surface area contributed by atoms with E-state index < -0.39 is 17.9 Å². The van der Waals surface area contributed by atoms with E-state index >= 15 is 0 Å². The second kappa shape index (κ2) is 10.7. The Balaban J connectivity index is 1.67. The number of carbonyl (C=O) groups is 3. The fourth-order valence-electron chi connectivity index (χ4n) is 5.07. The molecule has 1 fully saturated rings. The number of aromatic amines is 1. The Labute approximate surface area is 224 Å². The molecule has 38 heavy (non-hydrogen) atoms. The van der Waals surface area contributed by atoms with Crippen LogP contribution in [0.15, 0.2) is 54.7 Å². The molecule has 0 radical (unpaired) electrons. The van der Waals surface area contributed by atoms with Gasteiger partial charge in [0.1, 0.15) is 10.9 Å². The summed E-state index contributed by atoms with van der Waals surface area (Å²) < 4.78 is 4.02. The number of benzene rings is 2. The highest BCUT2D eigenvalue weighted by molar-refractivity contribution is 7.09. The minimum Gasteiger partial charge on any atom is -0.395 e. The van der Waals surface area contributed by atoms with E-state index in [1.54, 1.807) is 18.3 Å². The highest BCUT2D eigenvalue weighted by Gasteiger charge is 2.38. The molecule has 1 aliphatic carbocycles. The van der Waals surface area contributed by atoms with E-state index in [0.29, 0.717) is 11.3 Å². The molecule has 0 spiro atoms. The second-order valence-electron chi connectivity index (χ2n) is 9.68. The summed E-state index contributed by atoms with van der Waals surface area (Å²) in [6, 6.07) is 14.0. The quantitative estimate of drug-likeness (QED) is 0.279. The first kappa shape index (κ1) is 25.5. The molecule has 6 N–H and O–H groups in total. The van der Waals surface area contributed by atoms with Gasteiger partial charge in [-0.05, 0) is 49.5 Å². The summed E-state index contributed by atoms with van der Waals surface area (Å²) >= 11 is 0.798. The van der Waals surface area contributed by atoms with Gasteiger partial charge in [-0.2, -0.15) is 4.37 Å². The number of H-pyrrole nitrogens is 1. The molecule has 3 amide bonds. The van der Waals surface area contributed by atoms with Crippen molar-refractivity contribution in [3.05, 3.63) is 76.4 Å². The maximum atomic E-state index is 14.2. The van der Waals surface area contributed by atoms with Crippen molar-refractivity contribution in [1.29, 1.82) is 0 Å². The van der Waals surface area contributed by atoms with E-state index in [1.165, 1.54) is 4.90 Å². The van der Waals surface area contributed by atoms with Crippen molar-refractivity contribution in [2.45, 2.75) is 51.1 Å². The number of hydrogen-bond donors (Lipinski definition) is 4. The number of amides is 3. The lowest BCUT2D eigenvalue weighted by Crippen LogP contribution is -2.47. The van der Waals surface area contributed by atoms with Gasteiger partial charge in [0, 0.05) is 34.4 Å². The van der Waals surface area contributed by atoms with Crippen molar-refractivity contribution in [2.75, 3.05) is 10.6 Å². The van der Waals surface area contributed by atoms with Crippen molar-refractivity contribution in [1.82, 2.24) is 14.7 Å². The molecule has 2 aromatic carbocycles. The van der Waals surface area contributed by atoms with Crippen LogP contribution in [0, 0.1) is 6.92 Å². The Morgan fingerprint density at radius 2 is 1.79 bits per heavy atom. The third-order valence-electron chi connectivity index (χ3n) is 7.06. The molecular weight excluding hydrogens is 500 g/mol. The van der Waals surface area contributed by atoms with E-state index in [-0.39, 0.29) is 28.2 Å². The Morgan fingerprint density at radius 3 is 2.47 bits per heavy atom. The normalized spacial score (nSPS) is 14.8. The number of anilines is 2. The van der Waals surface area contributed by atoms with Gasteiger partial charge in [0.25, 0.3) is 11.8 Å². The van der Waals surface area contributed by atoms with Crippen LogP contribution in [0.4, 0.5) is 11.4 Å². The zero-order chi connectivity index (χ0) is 26.8. The Hall–Kier alpha value is -4.18. The standard InChI is InChI=1S/C28H30N6O3S/c1-16-11-13-18(14-12-16)34(28(37)25-22(29)23(26(30)35)33-38-25)24(27(36)32-17-7-3-2-4-8-17)20-15-31-21-10-6-5-9-19(20)21/h5-6,9-15,17,24,31H,2-4,7-8,29H2,1H3,(H2,30,35)(H,32,36). The molecule has 1 aliphatic rings. The smallest absolute Gasteiger partial charge is 0.273 e. The van der Waals surface area contributed by atoms with Crippen LogP contribution in [0.25, 0.3) is 10.9 Å². The molecule has 5 rings (SSSR count). The maximum Gasteiger partial charge on any atom is 0.273 e. The van der Waals surface area contributed by atoms with Crippen LogP contribution < -0.4 is 21.7 Å². The number of primary amides is 1. The molecule has 9 nitrogen and oxygen atoms in total. The number of carbonyl (C=O) groups excluding carboxylic acids is 3. The molecule has 0 bridgehead atoms. The van der Waals surface area contributed by atoms with Crippen LogP contribution in [-0.4, -0.2) is 33.1 Å². The monoisotopic (exact) mass is 530 g/mol. The number of nitrogens with zero attached hydrogens (tertiary/aromatic N) is 2. The predicted octanol–water partition coefficient (Wildman–Crippen LogP) is 4.45. The highest BCUT2D eigenvalue weighted by Crippen LogP contribution is 2.36. The average molecular weight is 531 g/mol. The number of rotatable bonds is 7. The van der Waals surface area contributed by atoms with Gasteiger partial charge in [0.05, 0.1) is 5.69 Å². The number of para-hydroxylation sites is 1. The number of hydrogen-bond acceptors (Lipinski definition) is 6. The second-order valence-corrected chi connectivity index (χ2v) is 10.5. The first-order valence-electron chi connectivity index (χ1n) is 12.7. The van der Waals surface area contributed by atoms with Gasteiger partial charge in [-0.3, -0.25) is 19.3 Å². The Morgan fingerprint density at radius 1 is 1.08 bits per heavy atom. The van der Waals surface area contributed by atoms with Gasteiger partial charge in [-0.25, -0.2) is 0 Å². The average Bonchev–Trinajstić information content (AvgIpc) is 3.52. The molecule has 1 atom stereocenters. The van der Waals surface area contributed by atoms with Crippen molar-refractivity contribution in [2.24, 2.45) is 5.73 Å². The van der Waals surface area contributed by atoms with Gasteiger partial charge in [-0.15, -0.1) is 0 Å². The molecular formula is C28H30N6O3S. The van der Waals surface area contributed by atoms with Crippen LogP contribution in [-0.2, 0) is 4.79 Å². The minimum atomic E-state index is -1.01. The van der Waals surface area contributed by atoms with Crippen LogP contribution in [0.5, 0.6) is 0 Å². The SMILES string of the molecule is Cc1ccc(N(C(=O)c2snc(C(N)=O)c2N)C(C(=O)NC2CCCCC2)c2c[nH]c3ccccc23)cc1. The summed E-state index contributed by atoms with van der Waals surface area (Å²) in [6.45, 7) is 1.95. The molecule has 2 aromatic heterocycles. The lowest BCUT2D eigenvalue weighted by Gasteiger charge is -2.33. The topological polar surface area (TPSA) is 147 Å². The summed E-state index contributed by atoms with van der Waals surface area (Å²) in [7, 11) is 0. The molecule has 2 heterocycles. The number of fused-ring (bicyclic) bond motifs is 1. The number of nitrogen functional groups attached to an aromatic ring is 1. The van der Waals surface area contributed by atoms with E-state index in [2.05, 4.69) is 14.7 Å². The minimum absolute atomic E-state index is 0.0360. The van der Waals surface area contributed by atoms with Gasteiger partial charge in [0.2, 0.25) is 5.91 Å². The number of nitrogens with one attached hydrogen (secondary N) is 2. The summed E-state index contributed by atoms with van der Waals surface area (Å²) in [6.07, 6.45) is 6.82. The molecule has 1 saturated carbocycles. The van der Waals surface area contributed by atoms with E-state index in [9.17, 15) is 14.4 Å². The lowest BCUT2D eigenvalue weighted by atomic mass is 9.94. The third-order valence-corrected chi connectivity index (χ3v) is 7.91. The van der Waals surface area contributed by atoms with Crippen LogP contribution in [0.1, 0.15) is 69.4 Å². The van der Waals surface area contributed by atoms with Crippen molar-refractivity contribution < 1.29 is 14.4 Å². The van der Waals surface area contributed by atoms with Crippen molar-refractivity contribution in [3.8, 4) is 0 Å². The van der Waals surface area contributed by atoms with Crippen molar-refractivity contribution in [3.63, 3.8) is 0 Å². The van der Waals surface area contributed by atoms with Crippen LogP contribution in [0.3, 0.4) is 0 Å². The predicted molar refractivity (Wildman–Crippen MR) is 149 cm³/mol. The first-order valence-corrected chi connectivity index (χ1v) is 13.4. The zero-order valence-electron chi connectivity index (χ0n) is 21.1.